The third kappa shape index (κ3) is 4.83. The molecule has 118 valence electrons. The van der Waals surface area contributed by atoms with Crippen molar-refractivity contribution in [2.75, 3.05) is 6.61 Å². The fourth-order valence-electron chi connectivity index (χ4n) is 2.06. The van der Waals surface area contributed by atoms with Gasteiger partial charge in [0.2, 0.25) is 0 Å². The van der Waals surface area contributed by atoms with Gasteiger partial charge in [-0.15, -0.1) is 0 Å². The number of benzene rings is 1. The lowest BCUT2D eigenvalue weighted by Gasteiger charge is -2.20. The molecule has 0 aliphatic rings. The molecule has 0 saturated carbocycles. The largest absolute Gasteiger partial charge is 0.487 e. The van der Waals surface area contributed by atoms with Gasteiger partial charge in [-0.3, -0.25) is 4.98 Å². The van der Waals surface area contributed by atoms with Crippen LogP contribution in [0.4, 0.5) is 0 Å². The molecule has 4 heteroatoms. The van der Waals surface area contributed by atoms with Crippen LogP contribution in [0.15, 0.2) is 48.7 Å². The maximum atomic E-state index is 9.20. The standard InChI is InChI=1S/C18H24N2O2/c1-14(12-21)15(2)20-11-16-7-3-4-9-18(16)22-13-17-8-5-6-10-19-17/h3-10,14-15,20-21H,11-13H2,1-2H3. The summed E-state index contributed by atoms with van der Waals surface area (Å²) in [6.45, 7) is 5.47. The lowest BCUT2D eigenvalue weighted by atomic mass is 10.0. The second kappa shape index (κ2) is 8.51. The van der Waals surface area contributed by atoms with Crippen LogP contribution >= 0.6 is 0 Å². The SMILES string of the molecule is CC(CO)C(C)NCc1ccccc1OCc1ccccn1. The predicted molar refractivity (Wildman–Crippen MR) is 87.6 cm³/mol. The molecule has 0 spiro atoms. The first kappa shape index (κ1) is 16.5. The van der Waals surface area contributed by atoms with Gasteiger partial charge in [-0.25, -0.2) is 0 Å². The summed E-state index contributed by atoms with van der Waals surface area (Å²) in [7, 11) is 0. The molecule has 22 heavy (non-hydrogen) atoms. The Hall–Kier alpha value is -1.91. The van der Waals surface area contributed by atoms with Crippen LogP contribution in [0.3, 0.4) is 0 Å². The summed E-state index contributed by atoms with van der Waals surface area (Å²) in [4.78, 5) is 4.26. The predicted octanol–water partition coefficient (Wildman–Crippen LogP) is 2.77. The molecular weight excluding hydrogens is 276 g/mol. The summed E-state index contributed by atoms with van der Waals surface area (Å²) in [6, 6.07) is 14.0. The van der Waals surface area contributed by atoms with Gasteiger partial charge in [0.05, 0.1) is 5.69 Å². The first-order valence-electron chi connectivity index (χ1n) is 7.65. The minimum atomic E-state index is 0.186. The highest BCUT2D eigenvalue weighted by Gasteiger charge is 2.11. The summed E-state index contributed by atoms with van der Waals surface area (Å²) in [5.41, 5.74) is 2.02. The van der Waals surface area contributed by atoms with Crippen LogP contribution in [-0.4, -0.2) is 22.7 Å². The number of para-hydroxylation sites is 1. The van der Waals surface area contributed by atoms with E-state index >= 15 is 0 Å². The Balaban J connectivity index is 1.95. The second-order valence-corrected chi connectivity index (χ2v) is 5.55. The smallest absolute Gasteiger partial charge is 0.130 e. The van der Waals surface area contributed by atoms with E-state index in [0.29, 0.717) is 13.2 Å². The molecule has 0 aliphatic heterocycles. The molecule has 2 aromatic rings. The highest BCUT2D eigenvalue weighted by Crippen LogP contribution is 2.19. The van der Waals surface area contributed by atoms with Crippen molar-refractivity contribution in [3.63, 3.8) is 0 Å². The zero-order valence-electron chi connectivity index (χ0n) is 13.2. The quantitative estimate of drug-likeness (QED) is 0.787. The highest BCUT2D eigenvalue weighted by molar-refractivity contribution is 5.33. The lowest BCUT2D eigenvalue weighted by Crippen LogP contribution is -2.33. The minimum absolute atomic E-state index is 0.186. The van der Waals surface area contributed by atoms with Crippen molar-refractivity contribution in [3.8, 4) is 5.75 Å². The maximum absolute atomic E-state index is 9.20. The van der Waals surface area contributed by atoms with Gasteiger partial charge in [0.25, 0.3) is 0 Å². The van der Waals surface area contributed by atoms with Crippen LogP contribution in [0.25, 0.3) is 0 Å². The van der Waals surface area contributed by atoms with E-state index in [1.165, 1.54) is 0 Å². The van der Waals surface area contributed by atoms with Crippen molar-refractivity contribution < 1.29 is 9.84 Å². The molecule has 4 nitrogen and oxygen atoms in total. The third-order valence-electron chi connectivity index (χ3n) is 3.83. The molecule has 1 aromatic heterocycles. The van der Waals surface area contributed by atoms with Crippen molar-refractivity contribution in [1.29, 1.82) is 0 Å². The van der Waals surface area contributed by atoms with E-state index in [-0.39, 0.29) is 18.6 Å². The molecule has 2 N–H and O–H groups in total. The number of nitrogens with zero attached hydrogens (tertiary/aromatic N) is 1. The van der Waals surface area contributed by atoms with Crippen molar-refractivity contribution in [2.24, 2.45) is 5.92 Å². The zero-order chi connectivity index (χ0) is 15.8. The van der Waals surface area contributed by atoms with Crippen LogP contribution in [-0.2, 0) is 13.2 Å². The van der Waals surface area contributed by atoms with Gasteiger partial charge < -0.3 is 15.2 Å². The highest BCUT2D eigenvalue weighted by atomic mass is 16.5. The van der Waals surface area contributed by atoms with E-state index in [1.54, 1.807) is 6.20 Å². The van der Waals surface area contributed by atoms with Gasteiger partial charge in [0, 0.05) is 31.0 Å². The van der Waals surface area contributed by atoms with Gasteiger partial charge in [-0.05, 0) is 31.0 Å². The first-order chi connectivity index (χ1) is 10.7. The molecular formula is C18H24N2O2. The van der Waals surface area contributed by atoms with E-state index in [1.807, 2.05) is 43.3 Å². The topological polar surface area (TPSA) is 54.4 Å². The molecule has 0 fully saturated rings. The molecule has 2 atom stereocenters. The molecule has 1 heterocycles. The van der Waals surface area contributed by atoms with Gasteiger partial charge in [-0.1, -0.05) is 31.2 Å². The van der Waals surface area contributed by atoms with Gasteiger partial charge in [-0.2, -0.15) is 0 Å². The first-order valence-corrected chi connectivity index (χ1v) is 7.65. The number of hydrogen-bond donors (Lipinski definition) is 2. The number of hydrogen-bond acceptors (Lipinski definition) is 4. The third-order valence-corrected chi connectivity index (χ3v) is 3.83. The van der Waals surface area contributed by atoms with E-state index in [9.17, 15) is 5.11 Å². The molecule has 2 unspecified atom stereocenters. The molecule has 0 aliphatic carbocycles. The number of aliphatic hydroxyl groups excluding tert-OH is 1. The van der Waals surface area contributed by atoms with Crippen LogP contribution in [0, 0.1) is 5.92 Å². The number of pyridine rings is 1. The van der Waals surface area contributed by atoms with Crippen LogP contribution in [0.1, 0.15) is 25.1 Å². The van der Waals surface area contributed by atoms with Gasteiger partial charge in [0.15, 0.2) is 0 Å². The summed E-state index contributed by atoms with van der Waals surface area (Å²) in [5, 5.41) is 12.6. The van der Waals surface area contributed by atoms with Crippen molar-refractivity contribution in [2.45, 2.75) is 33.0 Å². The van der Waals surface area contributed by atoms with Gasteiger partial charge in [0.1, 0.15) is 12.4 Å². The Bertz CT molecular complexity index is 560. The number of aromatic nitrogens is 1. The van der Waals surface area contributed by atoms with Crippen molar-refractivity contribution in [1.82, 2.24) is 10.3 Å². The zero-order valence-corrected chi connectivity index (χ0v) is 13.2. The Morgan fingerprint density at radius 3 is 2.64 bits per heavy atom. The summed E-state index contributed by atoms with van der Waals surface area (Å²) in [5.74, 6) is 1.09. The van der Waals surface area contributed by atoms with Gasteiger partial charge >= 0.3 is 0 Å². The molecule has 0 radical (unpaired) electrons. The van der Waals surface area contributed by atoms with E-state index < -0.39 is 0 Å². The lowest BCUT2D eigenvalue weighted by molar-refractivity contribution is 0.206. The number of nitrogens with one attached hydrogen (secondary N) is 1. The average Bonchev–Trinajstić information content (AvgIpc) is 2.58. The van der Waals surface area contributed by atoms with Crippen LogP contribution < -0.4 is 10.1 Å². The van der Waals surface area contributed by atoms with E-state index in [4.69, 9.17) is 4.74 Å². The number of aliphatic hydroxyl groups is 1. The Labute approximate surface area is 132 Å². The molecule has 1 aromatic carbocycles. The van der Waals surface area contributed by atoms with Crippen LogP contribution in [0.2, 0.25) is 0 Å². The number of ether oxygens (including phenoxy) is 1. The summed E-state index contributed by atoms with van der Waals surface area (Å²) >= 11 is 0. The molecule has 2 rings (SSSR count). The Morgan fingerprint density at radius 1 is 1.14 bits per heavy atom. The molecule has 0 saturated heterocycles. The van der Waals surface area contributed by atoms with E-state index in [2.05, 4.69) is 23.3 Å². The Kier molecular flexibility index (Phi) is 6.37. The summed E-state index contributed by atoms with van der Waals surface area (Å²) < 4.78 is 5.89. The average molecular weight is 300 g/mol. The number of rotatable bonds is 8. The normalized spacial score (nSPS) is 13.6. The van der Waals surface area contributed by atoms with E-state index in [0.717, 1.165) is 17.0 Å². The summed E-state index contributed by atoms with van der Waals surface area (Å²) in [6.07, 6.45) is 1.77. The fourth-order valence-corrected chi connectivity index (χ4v) is 2.06. The van der Waals surface area contributed by atoms with Crippen molar-refractivity contribution >= 4 is 0 Å². The van der Waals surface area contributed by atoms with Crippen molar-refractivity contribution in [3.05, 3.63) is 59.9 Å². The second-order valence-electron chi connectivity index (χ2n) is 5.55. The molecule has 0 amide bonds. The monoisotopic (exact) mass is 300 g/mol. The fraction of sp³-hybridized carbons (Fsp3) is 0.389. The maximum Gasteiger partial charge on any atom is 0.130 e. The molecule has 0 bridgehead atoms. The Morgan fingerprint density at radius 2 is 1.91 bits per heavy atom. The minimum Gasteiger partial charge on any atom is -0.487 e. The van der Waals surface area contributed by atoms with Crippen LogP contribution in [0.5, 0.6) is 5.75 Å².